The van der Waals surface area contributed by atoms with Gasteiger partial charge in [-0.2, -0.15) is 0 Å². The van der Waals surface area contributed by atoms with Crippen molar-refractivity contribution in [1.29, 1.82) is 0 Å². The maximum atomic E-state index is 12.4. The van der Waals surface area contributed by atoms with Crippen molar-refractivity contribution in [2.45, 2.75) is 37.8 Å². The molecule has 27 heavy (non-hydrogen) atoms. The summed E-state index contributed by atoms with van der Waals surface area (Å²) < 4.78 is 1.44. The number of aliphatic hydroxyl groups excluding tert-OH is 1. The molecule has 1 saturated heterocycles. The second-order valence-corrected chi connectivity index (χ2v) is 7.86. The lowest BCUT2D eigenvalue weighted by Crippen LogP contribution is -2.51. The SMILES string of the molecule is O=c1c2ccc(N3CCN(CC4(O)CCCC4)CC3)cc2ncn1CCO. The first-order chi connectivity index (χ1) is 13.1. The fourth-order valence-electron chi connectivity index (χ4n) is 4.38. The van der Waals surface area contributed by atoms with Gasteiger partial charge in [0.15, 0.2) is 0 Å². The Labute approximate surface area is 158 Å². The van der Waals surface area contributed by atoms with Gasteiger partial charge in [0.1, 0.15) is 0 Å². The van der Waals surface area contributed by atoms with Gasteiger partial charge in [0.25, 0.3) is 5.56 Å². The lowest BCUT2D eigenvalue weighted by atomic mass is 10.0. The highest BCUT2D eigenvalue weighted by atomic mass is 16.3. The number of fused-ring (bicyclic) bond motifs is 1. The van der Waals surface area contributed by atoms with Gasteiger partial charge < -0.3 is 15.1 Å². The van der Waals surface area contributed by atoms with E-state index in [1.807, 2.05) is 18.2 Å². The minimum atomic E-state index is -0.483. The van der Waals surface area contributed by atoms with E-state index >= 15 is 0 Å². The van der Waals surface area contributed by atoms with Crippen molar-refractivity contribution in [3.63, 3.8) is 0 Å². The third-order valence-corrected chi connectivity index (χ3v) is 5.94. The largest absolute Gasteiger partial charge is 0.395 e. The van der Waals surface area contributed by atoms with E-state index in [1.165, 1.54) is 10.9 Å². The van der Waals surface area contributed by atoms with Crippen LogP contribution in [-0.2, 0) is 6.54 Å². The summed E-state index contributed by atoms with van der Waals surface area (Å²) >= 11 is 0. The molecule has 2 aromatic rings. The molecule has 0 unspecified atom stereocenters. The number of aromatic nitrogens is 2. The Hall–Kier alpha value is -1.96. The Morgan fingerprint density at radius 1 is 1.11 bits per heavy atom. The summed E-state index contributed by atoms with van der Waals surface area (Å²) in [6.45, 7) is 4.65. The molecule has 2 heterocycles. The summed E-state index contributed by atoms with van der Waals surface area (Å²) in [5, 5.41) is 20.2. The van der Waals surface area contributed by atoms with Crippen LogP contribution in [0.3, 0.4) is 0 Å². The molecule has 0 radical (unpaired) electrons. The third-order valence-electron chi connectivity index (χ3n) is 5.94. The molecule has 0 bridgehead atoms. The van der Waals surface area contributed by atoms with Crippen molar-refractivity contribution in [3.05, 3.63) is 34.9 Å². The van der Waals surface area contributed by atoms with E-state index in [4.69, 9.17) is 5.11 Å². The lowest BCUT2D eigenvalue weighted by Gasteiger charge is -2.39. The summed E-state index contributed by atoms with van der Waals surface area (Å²) in [4.78, 5) is 21.5. The summed E-state index contributed by atoms with van der Waals surface area (Å²) in [5.74, 6) is 0. The van der Waals surface area contributed by atoms with E-state index in [-0.39, 0.29) is 18.7 Å². The quantitative estimate of drug-likeness (QED) is 0.809. The zero-order valence-electron chi connectivity index (χ0n) is 15.7. The summed E-state index contributed by atoms with van der Waals surface area (Å²) in [5.41, 5.74) is 1.17. The Morgan fingerprint density at radius 2 is 1.85 bits per heavy atom. The molecular weight excluding hydrogens is 344 g/mol. The van der Waals surface area contributed by atoms with Crippen LogP contribution in [0.4, 0.5) is 5.69 Å². The fraction of sp³-hybridized carbons (Fsp3) is 0.600. The molecule has 1 aromatic carbocycles. The highest BCUT2D eigenvalue weighted by molar-refractivity contribution is 5.81. The first kappa shape index (κ1) is 18.4. The Balaban J connectivity index is 1.44. The molecule has 7 heteroatoms. The minimum absolute atomic E-state index is 0.0788. The van der Waals surface area contributed by atoms with Gasteiger partial charge >= 0.3 is 0 Å². The van der Waals surface area contributed by atoms with Gasteiger partial charge in [-0.15, -0.1) is 0 Å². The molecule has 4 rings (SSSR count). The topological polar surface area (TPSA) is 81.8 Å². The number of piperazine rings is 1. The van der Waals surface area contributed by atoms with Crippen molar-refractivity contribution in [3.8, 4) is 0 Å². The normalized spacial score (nSPS) is 20.4. The molecule has 2 aliphatic rings. The summed E-state index contributed by atoms with van der Waals surface area (Å²) in [6.07, 6.45) is 5.64. The zero-order valence-corrected chi connectivity index (χ0v) is 15.7. The molecule has 1 aromatic heterocycles. The van der Waals surface area contributed by atoms with Gasteiger partial charge in [0.05, 0.1) is 36.0 Å². The number of rotatable bonds is 5. The standard InChI is InChI=1S/C20H28N4O3/c25-12-11-24-15-21-18-13-16(3-4-17(18)19(24)26)23-9-7-22(8-10-23)14-20(27)5-1-2-6-20/h3-4,13,15,25,27H,1-2,5-12,14H2. The van der Waals surface area contributed by atoms with Crippen molar-refractivity contribution in [1.82, 2.24) is 14.5 Å². The van der Waals surface area contributed by atoms with Crippen LogP contribution in [0.25, 0.3) is 10.9 Å². The number of benzene rings is 1. The molecule has 7 nitrogen and oxygen atoms in total. The van der Waals surface area contributed by atoms with Crippen LogP contribution in [0.1, 0.15) is 25.7 Å². The van der Waals surface area contributed by atoms with Crippen LogP contribution >= 0.6 is 0 Å². The number of hydrogen-bond acceptors (Lipinski definition) is 6. The molecule has 0 atom stereocenters. The molecular formula is C20H28N4O3. The molecule has 2 N–H and O–H groups in total. The van der Waals surface area contributed by atoms with Crippen LogP contribution in [0.15, 0.2) is 29.3 Å². The van der Waals surface area contributed by atoms with Gasteiger partial charge in [0, 0.05) is 38.4 Å². The number of aliphatic hydroxyl groups is 2. The summed E-state index contributed by atoms with van der Waals surface area (Å²) in [7, 11) is 0. The number of nitrogens with zero attached hydrogens (tertiary/aromatic N) is 4. The van der Waals surface area contributed by atoms with Crippen LogP contribution in [0, 0.1) is 0 Å². The van der Waals surface area contributed by atoms with Crippen LogP contribution in [0.5, 0.6) is 0 Å². The first-order valence-electron chi connectivity index (χ1n) is 9.88. The Morgan fingerprint density at radius 3 is 2.56 bits per heavy atom. The average Bonchev–Trinajstić information content (AvgIpc) is 3.10. The predicted molar refractivity (Wildman–Crippen MR) is 105 cm³/mol. The Kier molecular flexibility index (Phi) is 5.16. The third kappa shape index (κ3) is 3.85. The molecule has 146 valence electrons. The number of β-amino-alcohol motifs (C(OH)–C–C–N with tert-alkyl or cyclic N) is 1. The van der Waals surface area contributed by atoms with E-state index in [0.29, 0.717) is 10.9 Å². The van der Waals surface area contributed by atoms with Crippen molar-refractivity contribution >= 4 is 16.6 Å². The van der Waals surface area contributed by atoms with Crippen LogP contribution in [-0.4, -0.2) is 69.6 Å². The van der Waals surface area contributed by atoms with E-state index in [9.17, 15) is 9.90 Å². The van der Waals surface area contributed by atoms with Gasteiger partial charge in [-0.1, -0.05) is 12.8 Å². The first-order valence-corrected chi connectivity index (χ1v) is 9.88. The molecule has 1 aliphatic heterocycles. The van der Waals surface area contributed by atoms with Crippen molar-refractivity contribution in [2.24, 2.45) is 0 Å². The van der Waals surface area contributed by atoms with E-state index in [2.05, 4.69) is 14.8 Å². The maximum Gasteiger partial charge on any atom is 0.261 e. The van der Waals surface area contributed by atoms with Gasteiger partial charge in [0.2, 0.25) is 0 Å². The van der Waals surface area contributed by atoms with Crippen LogP contribution in [0.2, 0.25) is 0 Å². The Bertz CT molecular complexity index is 852. The fourth-order valence-corrected chi connectivity index (χ4v) is 4.38. The minimum Gasteiger partial charge on any atom is -0.395 e. The van der Waals surface area contributed by atoms with Gasteiger partial charge in [-0.3, -0.25) is 14.3 Å². The highest BCUT2D eigenvalue weighted by Gasteiger charge is 2.33. The summed E-state index contributed by atoms with van der Waals surface area (Å²) in [6, 6.07) is 5.79. The average molecular weight is 372 g/mol. The van der Waals surface area contributed by atoms with Crippen molar-refractivity contribution in [2.75, 3.05) is 44.2 Å². The second-order valence-electron chi connectivity index (χ2n) is 7.86. The van der Waals surface area contributed by atoms with Gasteiger partial charge in [-0.25, -0.2) is 4.98 Å². The maximum absolute atomic E-state index is 12.4. The zero-order chi connectivity index (χ0) is 18.9. The van der Waals surface area contributed by atoms with Crippen molar-refractivity contribution < 1.29 is 10.2 Å². The highest BCUT2D eigenvalue weighted by Crippen LogP contribution is 2.30. The second kappa shape index (κ2) is 7.58. The predicted octanol–water partition coefficient (Wildman–Crippen LogP) is 0.816. The van der Waals surface area contributed by atoms with Gasteiger partial charge in [-0.05, 0) is 31.0 Å². The van der Waals surface area contributed by atoms with Crippen LogP contribution < -0.4 is 10.5 Å². The van der Waals surface area contributed by atoms with E-state index < -0.39 is 5.60 Å². The number of anilines is 1. The lowest BCUT2D eigenvalue weighted by molar-refractivity contribution is 0.00803. The molecule has 1 saturated carbocycles. The monoisotopic (exact) mass is 372 g/mol. The van der Waals surface area contributed by atoms with E-state index in [1.54, 1.807) is 0 Å². The molecule has 0 amide bonds. The molecule has 0 spiro atoms. The number of hydrogen-bond donors (Lipinski definition) is 2. The smallest absolute Gasteiger partial charge is 0.261 e. The molecule has 2 fully saturated rings. The molecule has 1 aliphatic carbocycles. The van der Waals surface area contributed by atoms with E-state index in [0.717, 1.165) is 64.1 Å².